The first-order valence-corrected chi connectivity index (χ1v) is 11.2. The monoisotopic (exact) mass is 446 g/mol. The molecule has 0 aliphatic heterocycles. The van der Waals surface area contributed by atoms with E-state index in [1.807, 2.05) is 73.6 Å². The Bertz CT molecular complexity index is 1350. The lowest BCUT2D eigenvalue weighted by molar-refractivity contribution is 0.380. The van der Waals surface area contributed by atoms with Crippen molar-refractivity contribution in [1.82, 2.24) is 24.0 Å². The lowest BCUT2D eigenvalue weighted by atomic mass is 10.1. The molecule has 0 fully saturated rings. The first kappa shape index (κ1) is 22.5. The molecule has 2 aromatic heterocycles. The Labute approximate surface area is 192 Å². The third kappa shape index (κ3) is 5.06. The van der Waals surface area contributed by atoms with Crippen molar-refractivity contribution in [3.8, 4) is 0 Å². The summed E-state index contributed by atoms with van der Waals surface area (Å²) in [5, 5.41) is 0. The zero-order valence-electron chi connectivity index (χ0n) is 19.1. The van der Waals surface area contributed by atoms with Gasteiger partial charge in [0.25, 0.3) is 5.56 Å². The Hall–Kier alpha value is -3.65. The van der Waals surface area contributed by atoms with Gasteiger partial charge in [-0.1, -0.05) is 48.5 Å². The summed E-state index contributed by atoms with van der Waals surface area (Å²) >= 11 is 0. The normalized spacial score (nSPS) is 11.5. The molecule has 8 nitrogen and oxygen atoms in total. The third-order valence-electron chi connectivity index (χ3n) is 5.77. The van der Waals surface area contributed by atoms with Gasteiger partial charge in [-0.2, -0.15) is 0 Å². The van der Waals surface area contributed by atoms with E-state index in [1.54, 1.807) is 4.57 Å². The molecule has 0 bridgehead atoms. The van der Waals surface area contributed by atoms with Crippen LogP contribution in [0.25, 0.3) is 11.2 Å². The number of para-hydroxylation sites is 1. The fourth-order valence-electron chi connectivity index (χ4n) is 4.03. The van der Waals surface area contributed by atoms with E-state index in [1.165, 1.54) is 4.57 Å². The summed E-state index contributed by atoms with van der Waals surface area (Å²) in [7, 11) is 3.94. The van der Waals surface area contributed by atoms with Crippen LogP contribution in [0, 0.1) is 0 Å². The molecule has 0 spiro atoms. The number of aryl methyl sites for hydroxylation is 2. The van der Waals surface area contributed by atoms with Crippen LogP contribution in [-0.4, -0.2) is 44.6 Å². The zero-order chi connectivity index (χ0) is 23.4. The van der Waals surface area contributed by atoms with Crippen LogP contribution in [0.1, 0.15) is 23.4 Å². The number of imidazole rings is 1. The molecule has 8 heteroatoms. The number of H-pyrrole nitrogens is 1. The summed E-state index contributed by atoms with van der Waals surface area (Å²) in [5.74, 6) is 0.659. The number of hydrogen-bond acceptors (Lipinski definition) is 5. The predicted molar refractivity (Wildman–Crippen MR) is 132 cm³/mol. The van der Waals surface area contributed by atoms with Gasteiger partial charge in [-0.15, -0.1) is 0 Å². The number of nitrogens with zero attached hydrogens (tertiary/aromatic N) is 4. The van der Waals surface area contributed by atoms with Crippen molar-refractivity contribution in [3.05, 3.63) is 92.4 Å². The van der Waals surface area contributed by atoms with Crippen molar-refractivity contribution in [3.63, 3.8) is 0 Å². The Kier molecular flexibility index (Phi) is 6.74. The molecular formula is C25H30N6O2. The average Bonchev–Trinajstić information content (AvgIpc) is 3.21. The number of nitrogen functional groups attached to an aromatic ring is 1. The molecule has 4 aromatic rings. The highest BCUT2D eigenvalue weighted by Crippen LogP contribution is 2.14. The van der Waals surface area contributed by atoms with Crippen LogP contribution in [0.2, 0.25) is 0 Å². The lowest BCUT2D eigenvalue weighted by Crippen LogP contribution is -2.41. The van der Waals surface area contributed by atoms with Crippen molar-refractivity contribution < 1.29 is 0 Å². The minimum atomic E-state index is -0.335. The molecule has 0 saturated heterocycles. The third-order valence-corrected chi connectivity index (χ3v) is 5.77. The summed E-state index contributed by atoms with van der Waals surface area (Å²) in [5.41, 5.74) is 8.94. The second kappa shape index (κ2) is 9.87. The van der Waals surface area contributed by atoms with Crippen molar-refractivity contribution in [2.75, 3.05) is 26.4 Å². The van der Waals surface area contributed by atoms with Crippen molar-refractivity contribution in [1.29, 1.82) is 0 Å². The van der Waals surface area contributed by atoms with Gasteiger partial charge < -0.3 is 15.6 Å². The highest BCUT2D eigenvalue weighted by atomic mass is 16.2. The summed E-state index contributed by atoms with van der Waals surface area (Å²) in [6.45, 7) is 1.52. The van der Waals surface area contributed by atoms with E-state index in [9.17, 15) is 9.59 Å². The molecule has 0 aliphatic carbocycles. The van der Waals surface area contributed by atoms with E-state index in [-0.39, 0.29) is 11.2 Å². The maximum absolute atomic E-state index is 13.4. The van der Waals surface area contributed by atoms with E-state index in [2.05, 4.69) is 9.97 Å². The number of nitrogens with two attached hydrogens (primary N) is 1. The van der Waals surface area contributed by atoms with E-state index < -0.39 is 0 Å². The molecule has 4 rings (SSSR count). The smallest absolute Gasteiger partial charge is 0.332 e. The lowest BCUT2D eigenvalue weighted by Gasteiger charge is -2.13. The van der Waals surface area contributed by atoms with Crippen LogP contribution in [0.5, 0.6) is 0 Å². The highest BCUT2D eigenvalue weighted by molar-refractivity contribution is 5.70. The molecule has 0 unspecified atom stereocenters. The molecule has 2 aromatic carbocycles. The van der Waals surface area contributed by atoms with E-state index in [4.69, 9.17) is 5.73 Å². The van der Waals surface area contributed by atoms with Crippen LogP contribution < -0.4 is 17.0 Å². The van der Waals surface area contributed by atoms with Gasteiger partial charge in [0.2, 0.25) is 0 Å². The SMILES string of the molecule is CN(C)CCCn1c(=O)c2[nH]c(Cc3ccccc3)nc2n(CCc2ccccc2N)c1=O. The summed E-state index contributed by atoms with van der Waals surface area (Å²) in [6.07, 6.45) is 1.82. The maximum Gasteiger partial charge on any atom is 0.332 e. The topological polar surface area (TPSA) is 102 Å². The molecule has 0 saturated carbocycles. The molecule has 2 heterocycles. The van der Waals surface area contributed by atoms with Gasteiger partial charge in [-0.05, 0) is 50.7 Å². The number of rotatable bonds is 9. The Morgan fingerprint density at radius 2 is 1.70 bits per heavy atom. The number of aromatic amines is 1. The number of nitrogens with one attached hydrogen (secondary N) is 1. The second-order valence-electron chi connectivity index (χ2n) is 8.54. The van der Waals surface area contributed by atoms with Crippen molar-refractivity contribution in [2.45, 2.75) is 32.4 Å². The quantitative estimate of drug-likeness (QED) is 0.384. The van der Waals surface area contributed by atoms with Gasteiger partial charge in [0.05, 0.1) is 0 Å². The zero-order valence-corrected chi connectivity index (χ0v) is 19.1. The summed E-state index contributed by atoms with van der Waals surface area (Å²) in [6, 6.07) is 17.5. The molecule has 172 valence electrons. The molecule has 33 heavy (non-hydrogen) atoms. The van der Waals surface area contributed by atoms with E-state index in [0.717, 1.165) is 17.7 Å². The standard InChI is InChI=1S/C25H30N6O2/c1-29(2)14-8-15-31-24(32)22-23(28-21(27-22)17-18-9-4-3-5-10-18)30(25(31)33)16-13-19-11-6-7-12-20(19)26/h3-7,9-12H,8,13-17,26H2,1-2H3,(H,27,28). The van der Waals surface area contributed by atoms with Gasteiger partial charge in [-0.25, -0.2) is 9.78 Å². The van der Waals surface area contributed by atoms with Crippen molar-refractivity contribution in [2.24, 2.45) is 0 Å². The average molecular weight is 447 g/mol. The number of anilines is 1. The van der Waals surface area contributed by atoms with Crippen LogP contribution in [0.4, 0.5) is 5.69 Å². The molecule has 0 amide bonds. The van der Waals surface area contributed by atoms with Crippen LogP contribution in [-0.2, 0) is 25.9 Å². The number of hydrogen-bond donors (Lipinski definition) is 2. The Morgan fingerprint density at radius 3 is 2.42 bits per heavy atom. The van der Waals surface area contributed by atoms with Gasteiger partial charge in [-0.3, -0.25) is 13.9 Å². The van der Waals surface area contributed by atoms with E-state index >= 15 is 0 Å². The summed E-state index contributed by atoms with van der Waals surface area (Å²) < 4.78 is 2.93. The van der Waals surface area contributed by atoms with Gasteiger partial charge in [0.15, 0.2) is 5.65 Å². The fraction of sp³-hybridized carbons (Fsp3) is 0.320. The number of benzene rings is 2. The summed E-state index contributed by atoms with van der Waals surface area (Å²) in [4.78, 5) is 36.5. The first-order valence-electron chi connectivity index (χ1n) is 11.2. The number of aromatic nitrogens is 4. The second-order valence-corrected chi connectivity index (χ2v) is 8.54. The number of fused-ring (bicyclic) bond motifs is 1. The minimum absolute atomic E-state index is 0.323. The molecule has 0 radical (unpaired) electrons. The molecule has 0 aliphatic rings. The van der Waals surface area contributed by atoms with Crippen LogP contribution in [0.3, 0.4) is 0 Å². The maximum atomic E-state index is 13.4. The van der Waals surface area contributed by atoms with Crippen LogP contribution in [0.15, 0.2) is 64.2 Å². The highest BCUT2D eigenvalue weighted by Gasteiger charge is 2.18. The van der Waals surface area contributed by atoms with Gasteiger partial charge >= 0.3 is 5.69 Å². The molecule has 0 atom stereocenters. The van der Waals surface area contributed by atoms with Crippen LogP contribution >= 0.6 is 0 Å². The van der Waals surface area contributed by atoms with Gasteiger partial charge in [0.1, 0.15) is 11.3 Å². The molecular weight excluding hydrogens is 416 g/mol. The fourth-order valence-corrected chi connectivity index (χ4v) is 4.03. The molecule has 3 N–H and O–H groups in total. The largest absolute Gasteiger partial charge is 0.399 e. The minimum Gasteiger partial charge on any atom is -0.399 e. The van der Waals surface area contributed by atoms with E-state index in [0.29, 0.717) is 55.0 Å². The van der Waals surface area contributed by atoms with Gasteiger partial charge in [0, 0.05) is 25.2 Å². The Morgan fingerprint density at radius 1 is 0.970 bits per heavy atom. The van der Waals surface area contributed by atoms with Crippen molar-refractivity contribution >= 4 is 16.9 Å². The predicted octanol–water partition coefficient (Wildman–Crippen LogP) is 2.25. The Balaban J connectivity index is 1.75. The first-order chi connectivity index (χ1) is 15.9.